The van der Waals surface area contributed by atoms with E-state index in [1.165, 1.54) is 11.8 Å². The molecule has 1 N–H and O–H groups in total. The predicted octanol–water partition coefficient (Wildman–Crippen LogP) is 3.56. The summed E-state index contributed by atoms with van der Waals surface area (Å²) in [5, 5.41) is 2.93. The van der Waals surface area contributed by atoms with E-state index < -0.39 is 0 Å². The van der Waals surface area contributed by atoms with Crippen molar-refractivity contribution in [3.8, 4) is 0 Å². The SMILES string of the molecule is COCCN1CCN(c2ccc(NC(=O)CCCc3ccccc3F)cc2)CC1. The number of carbonyl (C=O) groups excluding carboxylic acids is 1. The molecule has 5 nitrogen and oxygen atoms in total. The van der Waals surface area contributed by atoms with Crippen molar-refractivity contribution in [1.29, 1.82) is 0 Å². The van der Waals surface area contributed by atoms with Gasteiger partial charge in [-0.25, -0.2) is 4.39 Å². The van der Waals surface area contributed by atoms with Crippen LogP contribution < -0.4 is 10.2 Å². The summed E-state index contributed by atoms with van der Waals surface area (Å²) in [7, 11) is 1.74. The molecule has 1 aliphatic heterocycles. The molecule has 0 spiro atoms. The van der Waals surface area contributed by atoms with Crippen LogP contribution in [0.5, 0.6) is 0 Å². The Labute approximate surface area is 172 Å². The molecule has 3 rings (SSSR count). The quantitative estimate of drug-likeness (QED) is 0.700. The van der Waals surface area contributed by atoms with Gasteiger partial charge in [0.25, 0.3) is 0 Å². The zero-order valence-corrected chi connectivity index (χ0v) is 17.1. The Morgan fingerprint density at radius 3 is 2.48 bits per heavy atom. The van der Waals surface area contributed by atoms with E-state index in [4.69, 9.17) is 4.74 Å². The van der Waals surface area contributed by atoms with Crippen LogP contribution in [0.2, 0.25) is 0 Å². The number of hydrogen-bond donors (Lipinski definition) is 1. The summed E-state index contributed by atoms with van der Waals surface area (Å²) in [5.41, 5.74) is 2.63. The Balaban J connectivity index is 1.41. The number of nitrogens with zero attached hydrogens (tertiary/aromatic N) is 2. The first kappa shape index (κ1) is 21.3. The molecule has 1 heterocycles. The number of halogens is 1. The normalized spacial score (nSPS) is 14.8. The highest BCUT2D eigenvalue weighted by molar-refractivity contribution is 5.90. The van der Waals surface area contributed by atoms with E-state index in [0.717, 1.165) is 45.0 Å². The molecule has 1 aliphatic rings. The zero-order valence-electron chi connectivity index (χ0n) is 17.1. The molecule has 2 aromatic rings. The van der Waals surface area contributed by atoms with E-state index in [9.17, 15) is 9.18 Å². The molecular weight excluding hydrogens is 369 g/mol. The predicted molar refractivity (Wildman–Crippen MR) is 115 cm³/mol. The lowest BCUT2D eigenvalue weighted by molar-refractivity contribution is -0.116. The van der Waals surface area contributed by atoms with E-state index in [1.807, 2.05) is 18.2 Å². The van der Waals surface area contributed by atoms with Crippen molar-refractivity contribution in [3.63, 3.8) is 0 Å². The molecular formula is C23H30FN3O2. The van der Waals surface area contributed by atoms with Crippen molar-refractivity contribution in [3.05, 3.63) is 59.9 Å². The molecule has 2 aromatic carbocycles. The molecule has 0 saturated carbocycles. The fourth-order valence-corrected chi connectivity index (χ4v) is 3.57. The van der Waals surface area contributed by atoms with Crippen LogP contribution in [0.15, 0.2) is 48.5 Å². The number of aryl methyl sites for hydroxylation is 1. The van der Waals surface area contributed by atoms with E-state index >= 15 is 0 Å². The van der Waals surface area contributed by atoms with Crippen molar-refractivity contribution in [2.45, 2.75) is 19.3 Å². The molecule has 0 bridgehead atoms. The van der Waals surface area contributed by atoms with Crippen LogP contribution >= 0.6 is 0 Å². The monoisotopic (exact) mass is 399 g/mol. The molecule has 1 saturated heterocycles. The average molecular weight is 400 g/mol. The second-order valence-electron chi connectivity index (χ2n) is 7.36. The third-order valence-electron chi connectivity index (χ3n) is 5.31. The van der Waals surface area contributed by atoms with Gasteiger partial charge in [-0.3, -0.25) is 9.69 Å². The lowest BCUT2D eigenvalue weighted by Crippen LogP contribution is -2.47. The minimum Gasteiger partial charge on any atom is -0.383 e. The van der Waals surface area contributed by atoms with Gasteiger partial charge in [-0.05, 0) is 48.7 Å². The van der Waals surface area contributed by atoms with Crippen LogP contribution in [0.1, 0.15) is 18.4 Å². The van der Waals surface area contributed by atoms with Crippen LogP contribution in [0, 0.1) is 5.82 Å². The number of benzene rings is 2. The topological polar surface area (TPSA) is 44.8 Å². The summed E-state index contributed by atoms with van der Waals surface area (Å²) in [4.78, 5) is 16.9. The largest absolute Gasteiger partial charge is 0.383 e. The number of piperazine rings is 1. The number of amides is 1. The Kier molecular flexibility index (Phi) is 8.02. The summed E-state index contributed by atoms with van der Waals surface area (Å²) in [6.45, 7) is 5.80. The van der Waals surface area contributed by atoms with Crippen LogP contribution in [0.25, 0.3) is 0 Å². The number of nitrogens with one attached hydrogen (secondary N) is 1. The van der Waals surface area contributed by atoms with Gasteiger partial charge in [0.1, 0.15) is 5.82 Å². The maximum absolute atomic E-state index is 13.6. The van der Waals surface area contributed by atoms with Crippen LogP contribution in [-0.2, 0) is 16.0 Å². The van der Waals surface area contributed by atoms with E-state index in [2.05, 4.69) is 27.2 Å². The Morgan fingerprint density at radius 2 is 1.79 bits per heavy atom. The molecule has 0 aromatic heterocycles. The third-order valence-corrected chi connectivity index (χ3v) is 5.31. The van der Waals surface area contributed by atoms with E-state index in [-0.39, 0.29) is 11.7 Å². The highest BCUT2D eigenvalue weighted by Gasteiger charge is 2.16. The highest BCUT2D eigenvalue weighted by Crippen LogP contribution is 2.20. The van der Waals surface area contributed by atoms with Crippen molar-refractivity contribution < 1.29 is 13.9 Å². The summed E-state index contributed by atoms with van der Waals surface area (Å²) >= 11 is 0. The van der Waals surface area contributed by atoms with Gasteiger partial charge in [0.2, 0.25) is 5.91 Å². The summed E-state index contributed by atoms with van der Waals surface area (Å²) in [6.07, 6.45) is 1.56. The van der Waals surface area contributed by atoms with Crippen molar-refractivity contribution in [2.75, 3.05) is 56.7 Å². The summed E-state index contributed by atoms with van der Waals surface area (Å²) < 4.78 is 18.8. The van der Waals surface area contributed by atoms with Crippen molar-refractivity contribution in [1.82, 2.24) is 4.90 Å². The first-order chi connectivity index (χ1) is 14.2. The summed E-state index contributed by atoms with van der Waals surface area (Å²) in [6, 6.07) is 14.7. The van der Waals surface area contributed by atoms with E-state index in [1.54, 1.807) is 19.2 Å². The maximum atomic E-state index is 13.6. The number of carbonyl (C=O) groups is 1. The van der Waals surface area contributed by atoms with Gasteiger partial charge in [0.15, 0.2) is 0 Å². The third kappa shape index (κ3) is 6.54. The van der Waals surface area contributed by atoms with Gasteiger partial charge < -0.3 is 15.0 Å². The summed E-state index contributed by atoms with van der Waals surface area (Å²) in [5.74, 6) is -0.246. The number of rotatable bonds is 9. The molecule has 0 radical (unpaired) electrons. The van der Waals surface area contributed by atoms with Gasteiger partial charge in [-0.2, -0.15) is 0 Å². The number of ether oxygens (including phenoxy) is 1. The van der Waals surface area contributed by atoms with Gasteiger partial charge in [0, 0.05) is 57.6 Å². The first-order valence-corrected chi connectivity index (χ1v) is 10.3. The molecule has 1 fully saturated rings. The molecule has 0 aliphatic carbocycles. The fourth-order valence-electron chi connectivity index (χ4n) is 3.57. The van der Waals surface area contributed by atoms with Crippen molar-refractivity contribution >= 4 is 17.3 Å². The van der Waals surface area contributed by atoms with Crippen LogP contribution in [-0.4, -0.2) is 57.2 Å². The zero-order chi connectivity index (χ0) is 20.5. The second kappa shape index (κ2) is 10.9. The van der Waals surface area contributed by atoms with Crippen molar-refractivity contribution in [2.24, 2.45) is 0 Å². The minimum atomic E-state index is -0.206. The van der Waals surface area contributed by atoms with Gasteiger partial charge in [-0.15, -0.1) is 0 Å². The lowest BCUT2D eigenvalue weighted by Gasteiger charge is -2.36. The maximum Gasteiger partial charge on any atom is 0.224 e. The molecule has 1 amide bonds. The highest BCUT2D eigenvalue weighted by atomic mass is 19.1. The number of hydrogen-bond acceptors (Lipinski definition) is 4. The molecule has 6 heteroatoms. The van der Waals surface area contributed by atoms with E-state index in [0.29, 0.717) is 24.8 Å². The number of methoxy groups -OCH3 is 1. The standard InChI is InChI=1S/C23H30FN3O2/c1-29-18-17-26-13-15-27(16-14-26)21-11-9-20(10-12-21)25-23(28)8-4-6-19-5-2-3-7-22(19)24/h2-3,5,7,9-12H,4,6,8,13-18H2,1H3,(H,25,28). The number of anilines is 2. The Bertz CT molecular complexity index is 774. The molecule has 29 heavy (non-hydrogen) atoms. The first-order valence-electron chi connectivity index (χ1n) is 10.3. The van der Waals surface area contributed by atoms with Crippen LogP contribution in [0.3, 0.4) is 0 Å². The Morgan fingerprint density at radius 1 is 1.07 bits per heavy atom. The smallest absolute Gasteiger partial charge is 0.224 e. The molecule has 156 valence electrons. The minimum absolute atomic E-state index is 0.0409. The molecule has 0 atom stereocenters. The fraction of sp³-hybridized carbons (Fsp3) is 0.435. The lowest BCUT2D eigenvalue weighted by atomic mass is 10.1. The second-order valence-corrected chi connectivity index (χ2v) is 7.36. The average Bonchev–Trinajstić information content (AvgIpc) is 2.74. The van der Waals surface area contributed by atoms with Gasteiger partial charge >= 0.3 is 0 Å². The van der Waals surface area contributed by atoms with Gasteiger partial charge in [-0.1, -0.05) is 18.2 Å². The Hall–Kier alpha value is -2.44. The van der Waals surface area contributed by atoms with Crippen LogP contribution in [0.4, 0.5) is 15.8 Å². The molecule has 0 unspecified atom stereocenters. The van der Waals surface area contributed by atoms with Gasteiger partial charge in [0.05, 0.1) is 6.61 Å².